The summed E-state index contributed by atoms with van der Waals surface area (Å²) in [5.41, 5.74) is 6.85. The molecule has 0 aliphatic carbocycles. The third-order valence-corrected chi connectivity index (χ3v) is 3.46. The molecule has 1 aromatic carbocycles. The molecule has 4 heteroatoms. The summed E-state index contributed by atoms with van der Waals surface area (Å²) >= 11 is 0. The second-order valence-corrected chi connectivity index (χ2v) is 4.89. The highest BCUT2D eigenvalue weighted by Gasteiger charge is 2.14. The van der Waals surface area contributed by atoms with Gasteiger partial charge in [0.1, 0.15) is 5.75 Å². The molecule has 0 fully saturated rings. The quantitative estimate of drug-likeness (QED) is 0.703. The highest BCUT2D eigenvalue weighted by molar-refractivity contribution is 5.78. The van der Waals surface area contributed by atoms with E-state index >= 15 is 0 Å². The van der Waals surface area contributed by atoms with Crippen LogP contribution in [0.4, 0.5) is 0 Å². The Bertz CT molecular complexity index is 403. The van der Waals surface area contributed by atoms with Gasteiger partial charge in [-0.15, -0.1) is 0 Å². The molecule has 0 heterocycles. The van der Waals surface area contributed by atoms with E-state index < -0.39 is 0 Å². The van der Waals surface area contributed by atoms with E-state index in [4.69, 9.17) is 5.73 Å². The Kier molecular flexibility index (Phi) is 6.36. The maximum atomic E-state index is 11.8. The zero-order valence-corrected chi connectivity index (χ0v) is 11.7. The topological polar surface area (TPSA) is 75.3 Å². The lowest BCUT2D eigenvalue weighted by Crippen LogP contribution is -2.42. The lowest BCUT2D eigenvalue weighted by molar-refractivity contribution is -0.120. The lowest BCUT2D eigenvalue weighted by Gasteiger charge is -2.21. The molecule has 1 atom stereocenters. The van der Waals surface area contributed by atoms with Crippen molar-refractivity contribution in [3.8, 4) is 5.75 Å². The molecular weight excluding hydrogens is 240 g/mol. The first-order valence-electron chi connectivity index (χ1n) is 6.87. The van der Waals surface area contributed by atoms with E-state index in [0.717, 1.165) is 18.4 Å². The van der Waals surface area contributed by atoms with Crippen molar-refractivity contribution >= 4 is 5.91 Å². The Morgan fingerprint density at radius 1 is 1.37 bits per heavy atom. The first-order valence-corrected chi connectivity index (χ1v) is 6.87. The van der Waals surface area contributed by atoms with Gasteiger partial charge in [-0.1, -0.05) is 38.8 Å². The SMILES string of the molecule is CCC(CC)C(N)CNC(=O)Cc1cccc(O)c1. The zero-order chi connectivity index (χ0) is 14.3. The number of nitrogens with two attached hydrogens (primary N) is 1. The van der Waals surface area contributed by atoms with Gasteiger partial charge in [0.25, 0.3) is 0 Å². The first-order chi connectivity index (χ1) is 9.06. The molecule has 0 aliphatic rings. The molecule has 0 spiro atoms. The number of benzene rings is 1. The van der Waals surface area contributed by atoms with Crippen molar-refractivity contribution in [1.29, 1.82) is 0 Å². The number of carbonyl (C=O) groups excluding carboxylic acids is 1. The van der Waals surface area contributed by atoms with Gasteiger partial charge in [-0.2, -0.15) is 0 Å². The van der Waals surface area contributed by atoms with Crippen LogP contribution in [0.2, 0.25) is 0 Å². The maximum absolute atomic E-state index is 11.8. The Balaban J connectivity index is 2.39. The third kappa shape index (κ3) is 5.30. The number of amides is 1. The van der Waals surface area contributed by atoms with Gasteiger partial charge in [0.2, 0.25) is 5.91 Å². The molecule has 0 saturated carbocycles. The van der Waals surface area contributed by atoms with Crippen LogP contribution in [0.3, 0.4) is 0 Å². The molecule has 0 aliphatic heterocycles. The minimum atomic E-state index is -0.0630. The fourth-order valence-corrected chi connectivity index (χ4v) is 2.21. The number of aromatic hydroxyl groups is 1. The summed E-state index contributed by atoms with van der Waals surface area (Å²) < 4.78 is 0. The van der Waals surface area contributed by atoms with Crippen LogP contribution in [0.15, 0.2) is 24.3 Å². The molecule has 0 aromatic heterocycles. The third-order valence-electron chi connectivity index (χ3n) is 3.46. The number of hydrogen-bond donors (Lipinski definition) is 3. The molecule has 1 aromatic rings. The highest BCUT2D eigenvalue weighted by atomic mass is 16.3. The van der Waals surface area contributed by atoms with E-state index in [1.54, 1.807) is 18.2 Å². The number of carbonyl (C=O) groups is 1. The van der Waals surface area contributed by atoms with Gasteiger partial charge in [0, 0.05) is 12.6 Å². The second-order valence-electron chi connectivity index (χ2n) is 4.89. The average Bonchev–Trinajstić information content (AvgIpc) is 2.38. The van der Waals surface area contributed by atoms with Crippen molar-refractivity contribution in [3.63, 3.8) is 0 Å². The summed E-state index contributed by atoms with van der Waals surface area (Å²) in [6.07, 6.45) is 2.32. The molecule has 0 bridgehead atoms. The fourth-order valence-electron chi connectivity index (χ4n) is 2.21. The van der Waals surface area contributed by atoms with Gasteiger partial charge in [-0.05, 0) is 23.6 Å². The number of rotatable bonds is 7. The smallest absolute Gasteiger partial charge is 0.224 e. The van der Waals surface area contributed by atoms with Gasteiger partial charge in [-0.25, -0.2) is 0 Å². The van der Waals surface area contributed by atoms with Crippen LogP contribution in [-0.2, 0) is 11.2 Å². The summed E-state index contributed by atoms with van der Waals surface area (Å²) in [6, 6.07) is 6.74. The summed E-state index contributed by atoms with van der Waals surface area (Å²) in [5.74, 6) is 0.562. The minimum absolute atomic E-state index is 0.00289. The maximum Gasteiger partial charge on any atom is 0.224 e. The fraction of sp³-hybridized carbons (Fsp3) is 0.533. The Hall–Kier alpha value is -1.55. The predicted molar refractivity (Wildman–Crippen MR) is 76.9 cm³/mol. The molecule has 19 heavy (non-hydrogen) atoms. The predicted octanol–water partition coefficient (Wildman–Crippen LogP) is 1.81. The highest BCUT2D eigenvalue weighted by Crippen LogP contribution is 2.12. The molecule has 106 valence electrons. The molecule has 4 nitrogen and oxygen atoms in total. The normalized spacial score (nSPS) is 12.4. The van der Waals surface area contributed by atoms with E-state index in [-0.39, 0.29) is 24.1 Å². The van der Waals surface area contributed by atoms with Gasteiger partial charge < -0.3 is 16.2 Å². The first kappa shape index (κ1) is 15.5. The summed E-state index contributed by atoms with van der Waals surface area (Å²) in [6.45, 7) is 4.73. The number of phenols is 1. The lowest BCUT2D eigenvalue weighted by atomic mass is 9.95. The van der Waals surface area contributed by atoms with Crippen molar-refractivity contribution in [3.05, 3.63) is 29.8 Å². The minimum Gasteiger partial charge on any atom is -0.508 e. The largest absolute Gasteiger partial charge is 0.508 e. The van der Waals surface area contributed by atoms with E-state index in [9.17, 15) is 9.90 Å². The van der Waals surface area contributed by atoms with E-state index in [1.807, 2.05) is 6.07 Å². The summed E-state index contributed by atoms with van der Waals surface area (Å²) in [5, 5.41) is 12.2. The van der Waals surface area contributed by atoms with Gasteiger partial charge in [0.15, 0.2) is 0 Å². The number of hydrogen-bond acceptors (Lipinski definition) is 3. The number of nitrogens with one attached hydrogen (secondary N) is 1. The van der Waals surface area contributed by atoms with Crippen molar-refractivity contribution in [2.75, 3.05) is 6.54 Å². The molecular formula is C15H24N2O2. The van der Waals surface area contributed by atoms with Crippen LogP contribution in [-0.4, -0.2) is 23.6 Å². The molecule has 1 unspecified atom stereocenters. The van der Waals surface area contributed by atoms with E-state index in [2.05, 4.69) is 19.2 Å². The Labute approximate surface area is 115 Å². The van der Waals surface area contributed by atoms with Gasteiger partial charge in [-0.3, -0.25) is 4.79 Å². The van der Waals surface area contributed by atoms with Crippen LogP contribution in [0.25, 0.3) is 0 Å². The molecule has 4 N–H and O–H groups in total. The van der Waals surface area contributed by atoms with Crippen LogP contribution >= 0.6 is 0 Å². The van der Waals surface area contributed by atoms with Crippen molar-refractivity contribution in [2.24, 2.45) is 11.7 Å². The van der Waals surface area contributed by atoms with Gasteiger partial charge in [0.05, 0.1) is 6.42 Å². The Morgan fingerprint density at radius 2 is 2.05 bits per heavy atom. The van der Waals surface area contributed by atoms with Crippen LogP contribution < -0.4 is 11.1 Å². The van der Waals surface area contributed by atoms with Crippen molar-refractivity contribution < 1.29 is 9.90 Å². The molecule has 0 radical (unpaired) electrons. The van der Waals surface area contributed by atoms with E-state index in [0.29, 0.717) is 12.5 Å². The second kappa shape index (κ2) is 7.79. The monoisotopic (exact) mass is 264 g/mol. The average molecular weight is 264 g/mol. The van der Waals surface area contributed by atoms with Crippen LogP contribution in [0.1, 0.15) is 32.3 Å². The van der Waals surface area contributed by atoms with Crippen LogP contribution in [0.5, 0.6) is 5.75 Å². The van der Waals surface area contributed by atoms with Gasteiger partial charge >= 0.3 is 0 Å². The number of phenolic OH excluding ortho intramolecular Hbond substituents is 1. The Morgan fingerprint density at radius 3 is 2.63 bits per heavy atom. The summed E-state index contributed by atoms with van der Waals surface area (Å²) in [7, 11) is 0. The molecule has 1 rings (SSSR count). The van der Waals surface area contributed by atoms with Crippen molar-refractivity contribution in [1.82, 2.24) is 5.32 Å². The van der Waals surface area contributed by atoms with E-state index in [1.165, 1.54) is 0 Å². The summed E-state index contributed by atoms with van der Waals surface area (Å²) in [4.78, 5) is 11.8. The van der Waals surface area contributed by atoms with Crippen LogP contribution in [0, 0.1) is 5.92 Å². The zero-order valence-electron chi connectivity index (χ0n) is 11.7. The standard InChI is InChI=1S/C15H24N2O2/c1-3-12(4-2)14(16)10-17-15(19)9-11-6-5-7-13(18)8-11/h5-8,12,14,18H,3-4,9-10,16H2,1-2H3,(H,17,19). The van der Waals surface area contributed by atoms with Crippen molar-refractivity contribution in [2.45, 2.75) is 39.2 Å². The molecule has 0 saturated heterocycles. The molecule has 1 amide bonds.